The number of anilines is 1. The van der Waals surface area contributed by atoms with Crippen LogP contribution in [0.2, 0.25) is 0 Å². The fourth-order valence-corrected chi connectivity index (χ4v) is 1.87. The van der Waals surface area contributed by atoms with Crippen LogP contribution in [0.25, 0.3) is 0 Å². The molecule has 1 aromatic rings. The molecular weight excluding hydrogens is 284 g/mol. The molecule has 0 aromatic heterocycles. The summed E-state index contributed by atoms with van der Waals surface area (Å²) in [4.78, 5) is 11.9. The van der Waals surface area contributed by atoms with E-state index in [0.717, 1.165) is 18.4 Å². The number of benzene rings is 1. The maximum Gasteiger partial charge on any atom is 0.412 e. The molecule has 0 saturated heterocycles. The second-order valence-electron chi connectivity index (χ2n) is 6.34. The number of methoxy groups -OCH3 is 1. The van der Waals surface area contributed by atoms with E-state index in [0.29, 0.717) is 5.75 Å². The second-order valence-corrected chi connectivity index (χ2v) is 6.34. The van der Waals surface area contributed by atoms with Crippen LogP contribution in [0.3, 0.4) is 0 Å². The van der Waals surface area contributed by atoms with Crippen molar-refractivity contribution in [1.29, 1.82) is 0 Å². The standard InChI is InChI=1S/C16H26N2O4/c1-10(17)6-7-11-8-12(14(19)13(9-11)21-5)18-15(20)22-16(2,3)4/h8-10,19H,6-7,17H2,1-5H3,(H,18,20). The summed E-state index contributed by atoms with van der Waals surface area (Å²) in [5.41, 5.74) is 6.32. The number of rotatable bonds is 5. The molecule has 1 unspecified atom stereocenters. The predicted molar refractivity (Wildman–Crippen MR) is 86.5 cm³/mol. The molecule has 0 aliphatic heterocycles. The van der Waals surface area contributed by atoms with Crippen LogP contribution < -0.4 is 15.8 Å². The number of amides is 1. The summed E-state index contributed by atoms with van der Waals surface area (Å²) in [5, 5.41) is 12.7. The zero-order valence-corrected chi connectivity index (χ0v) is 13.9. The van der Waals surface area contributed by atoms with Gasteiger partial charge in [0.05, 0.1) is 12.8 Å². The van der Waals surface area contributed by atoms with E-state index in [-0.39, 0.29) is 17.5 Å². The quantitative estimate of drug-likeness (QED) is 0.727. The Hall–Kier alpha value is -1.95. The highest BCUT2D eigenvalue weighted by molar-refractivity contribution is 5.88. The lowest BCUT2D eigenvalue weighted by atomic mass is 10.0. The Kier molecular flexibility index (Phi) is 6.05. The topological polar surface area (TPSA) is 93.8 Å². The van der Waals surface area contributed by atoms with E-state index in [1.807, 2.05) is 6.92 Å². The van der Waals surface area contributed by atoms with Crippen LogP contribution in [0.5, 0.6) is 11.5 Å². The van der Waals surface area contributed by atoms with E-state index in [4.69, 9.17) is 15.2 Å². The average Bonchev–Trinajstić information content (AvgIpc) is 2.37. The Bertz CT molecular complexity index is 522. The van der Waals surface area contributed by atoms with Gasteiger partial charge in [-0.25, -0.2) is 4.79 Å². The van der Waals surface area contributed by atoms with Gasteiger partial charge in [-0.15, -0.1) is 0 Å². The fourth-order valence-electron chi connectivity index (χ4n) is 1.87. The van der Waals surface area contributed by atoms with Crippen LogP contribution in [0.15, 0.2) is 12.1 Å². The van der Waals surface area contributed by atoms with Crippen molar-refractivity contribution in [2.45, 2.75) is 52.2 Å². The molecule has 6 heteroatoms. The van der Waals surface area contributed by atoms with E-state index in [1.165, 1.54) is 7.11 Å². The van der Waals surface area contributed by atoms with E-state index in [9.17, 15) is 9.90 Å². The van der Waals surface area contributed by atoms with Crippen molar-refractivity contribution in [3.05, 3.63) is 17.7 Å². The van der Waals surface area contributed by atoms with Gasteiger partial charge in [0.25, 0.3) is 0 Å². The average molecular weight is 310 g/mol. The van der Waals surface area contributed by atoms with E-state index < -0.39 is 11.7 Å². The van der Waals surface area contributed by atoms with Gasteiger partial charge in [-0.1, -0.05) is 0 Å². The molecule has 6 nitrogen and oxygen atoms in total. The lowest BCUT2D eigenvalue weighted by molar-refractivity contribution is 0.0635. The number of phenols is 1. The summed E-state index contributed by atoms with van der Waals surface area (Å²) < 4.78 is 10.3. The number of hydrogen-bond acceptors (Lipinski definition) is 5. The highest BCUT2D eigenvalue weighted by atomic mass is 16.6. The maximum absolute atomic E-state index is 11.9. The minimum atomic E-state index is -0.630. The van der Waals surface area contributed by atoms with E-state index in [1.54, 1.807) is 32.9 Å². The number of aromatic hydroxyl groups is 1. The third kappa shape index (κ3) is 5.81. The number of hydrogen-bond donors (Lipinski definition) is 3. The zero-order chi connectivity index (χ0) is 16.9. The molecule has 0 spiro atoms. The number of nitrogens with two attached hydrogens (primary N) is 1. The van der Waals surface area contributed by atoms with Gasteiger partial charge < -0.3 is 20.3 Å². The molecule has 0 saturated carbocycles. The predicted octanol–water partition coefficient (Wildman–Crippen LogP) is 3.03. The SMILES string of the molecule is COc1cc(CCC(C)N)cc(NC(=O)OC(C)(C)C)c1O. The van der Waals surface area contributed by atoms with Crippen LogP contribution in [-0.4, -0.2) is 30.0 Å². The molecule has 1 aromatic carbocycles. The molecule has 124 valence electrons. The molecule has 1 atom stereocenters. The van der Waals surface area contributed by atoms with Gasteiger partial charge in [-0.05, 0) is 58.2 Å². The van der Waals surface area contributed by atoms with Crippen LogP contribution in [0.4, 0.5) is 10.5 Å². The summed E-state index contributed by atoms with van der Waals surface area (Å²) in [6, 6.07) is 3.50. The van der Waals surface area contributed by atoms with E-state index in [2.05, 4.69) is 5.32 Å². The molecule has 1 rings (SSSR count). The lowest BCUT2D eigenvalue weighted by Crippen LogP contribution is -2.27. The van der Waals surface area contributed by atoms with Crippen molar-refractivity contribution in [2.75, 3.05) is 12.4 Å². The van der Waals surface area contributed by atoms with Crippen LogP contribution >= 0.6 is 0 Å². The largest absolute Gasteiger partial charge is 0.503 e. The van der Waals surface area contributed by atoms with Crippen molar-refractivity contribution < 1.29 is 19.4 Å². The number of carbonyl (C=O) groups excluding carboxylic acids is 1. The van der Waals surface area contributed by atoms with Gasteiger partial charge in [-0.3, -0.25) is 5.32 Å². The summed E-state index contributed by atoms with van der Waals surface area (Å²) >= 11 is 0. The van der Waals surface area contributed by atoms with Crippen molar-refractivity contribution in [2.24, 2.45) is 5.73 Å². The van der Waals surface area contributed by atoms with Crippen molar-refractivity contribution in [3.8, 4) is 11.5 Å². The Balaban J connectivity index is 2.96. The molecular formula is C16H26N2O4. The Morgan fingerprint density at radius 3 is 2.55 bits per heavy atom. The molecule has 1 amide bonds. The highest BCUT2D eigenvalue weighted by Crippen LogP contribution is 2.36. The molecule has 0 aliphatic carbocycles. The molecule has 0 fully saturated rings. The first-order valence-electron chi connectivity index (χ1n) is 7.28. The van der Waals surface area contributed by atoms with E-state index >= 15 is 0 Å². The summed E-state index contributed by atoms with van der Waals surface area (Å²) in [7, 11) is 1.46. The highest BCUT2D eigenvalue weighted by Gasteiger charge is 2.19. The van der Waals surface area contributed by atoms with Gasteiger partial charge in [0.1, 0.15) is 5.60 Å². The molecule has 0 heterocycles. The molecule has 4 N–H and O–H groups in total. The van der Waals surface area contributed by atoms with Gasteiger partial charge >= 0.3 is 6.09 Å². The fraction of sp³-hybridized carbons (Fsp3) is 0.562. The lowest BCUT2D eigenvalue weighted by Gasteiger charge is -2.20. The Morgan fingerprint density at radius 1 is 1.41 bits per heavy atom. The van der Waals surface area contributed by atoms with Gasteiger partial charge in [0.15, 0.2) is 11.5 Å². The Morgan fingerprint density at radius 2 is 2.05 bits per heavy atom. The van der Waals surface area contributed by atoms with Gasteiger partial charge in [0, 0.05) is 6.04 Å². The third-order valence-corrected chi connectivity index (χ3v) is 2.88. The minimum absolute atomic E-state index is 0.0714. The number of nitrogens with one attached hydrogen (secondary N) is 1. The summed E-state index contributed by atoms with van der Waals surface area (Å²) in [6.07, 6.45) is 0.881. The second kappa shape index (κ2) is 7.35. The van der Waals surface area contributed by atoms with Gasteiger partial charge in [-0.2, -0.15) is 0 Å². The van der Waals surface area contributed by atoms with Crippen molar-refractivity contribution >= 4 is 11.8 Å². The molecule has 22 heavy (non-hydrogen) atoms. The smallest absolute Gasteiger partial charge is 0.412 e. The van der Waals surface area contributed by atoms with Crippen LogP contribution in [0, 0.1) is 0 Å². The monoisotopic (exact) mass is 310 g/mol. The summed E-state index contributed by atoms with van der Waals surface area (Å²) in [6.45, 7) is 7.24. The Labute approximate surface area is 131 Å². The molecule has 0 aliphatic rings. The van der Waals surface area contributed by atoms with Crippen LogP contribution in [0.1, 0.15) is 39.7 Å². The van der Waals surface area contributed by atoms with Crippen molar-refractivity contribution in [3.63, 3.8) is 0 Å². The summed E-state index contributed by atoms with van der Waals surface area (Å²) in [5.74, 6) is 0.172. The zero-order valence-electron chi connectivity index (χ0n) is 13.9. The van der Waals surface area contributed by atoms with Crippen LogP contribution in [-0.2, 0) is 11.2 Å². The number of ether oxygens (including phenoxy) is 2. The first kappa shape index (κ1) is 18.1. The minimum Gasteiger partial charge on any atom is -0.503 e. The molecule has 0 radical (unpaired) electrons. The van der Waals surface area contributed by atoms with Crippen molar-refractivity contribution in [1.82, 2.24) is 0 Å². The van der Waals surface area contributed by atoms with Gasteiger partial charge in [0.2, 0.25) is 0 Å². The number of phenolic OH excluding ortho intramolecular Hbond substituents is 1. The normalized spacial score (nSPS) is 12.6. The molecule has 0 bridgehead atoms. The number of carbonyl (C=O) groups is 1. The first-order chi connectivity index (χ1) is 10.1. The first-order valence-corrected chi connectivity index (χ1v) is 7.28. The maximum atomic E-state index is 11.9. The third-order valence-electron chi connectivity index (χ3n) is 2.88. The number of aryl methyl sites for hydroxylation is 1.